The third kappa shape index (κ3) is 2.32. The van der Waals surface area contributed by atoms with Gasteiger partial charge in [-0.15, -0.1) is 0 Å². The topological polar surface area (TPSA) is 18.5 Å². The highest BCUT2D eigenvalue weighted by molar-refractivity contribution is 5.58. The van der Waals surface area contributed by atoms with Gasteiger partial charge in [0.25, 0.3) is 0 Å². The van der Waals surface area contributed by atoms with E-state index < -0.39 is 0 Å². The van der Waals surface area contributed by atoms with E-state index >= 15 is 0 Å². The Bertz CT molecular complexity index is 404. The van der Waals surface area contributed by atoms with E-state index in [2.05, 4.69) is 39.4 Å². The number of anilines is 2. The zero-order valence-electron chi connectivity index (χ0n) is 11.2. The first-order valence-corrected chi connectivity index (χ1v) is 7.13. The van der Waals surface area contributed by atoms with Crippen LogP contribution in [0.2, 0.25) is 0 Å². The molecular weight excluding hydrogens is 222 g/mol. The second-order valence-corrected chi connectivity index (χ2v) is 5.43. The van der Waals surface area contributed by atoms with Crippen LogP contribution >= 0.6 is 0 Å². The maximum absolute atomic E-state index is 3.23. The summed E-state index contributed by atoms with van der Waals surface area (Å²) in [6.45, 7) is 4.92. The van der Waals surface area contributed by atoms with Crippen LogP contribution in [0.15, 0.2) is 24.3 Å². The van der Waals surface area contributed by atoms with E-state index in [-0.39, 0.29) is 0 Å². The van der Waals surface area contributed by atoms with Crippen LogP contribution in [-0.2, 0) is 0 Å². The van der Waals surface area contributed by atoms with Gasteiger partial charge >= 0.3 is 0 Å². The van der Waals surface area contributed by atoms with Crippen molar-refractivity contribution < 1.29 is 0 Å². The van der Waals surface area contributed by atoms with E-state index in [1.807, 2.05) is 7.05 Å². The van der Waals surface area contributed by atoms with E-state index in [0.717, 1.165) is 6.04 Å². The SMILES string of the molecule is CNc1cccc(N2CCN3CCCCC3C2)c1. The highest BCUT2D eigenvalue weighted by atomic mass is 15.3. The lowest BCUT2D eigenvalue weighted by atomic mass is 9.99. The van der Waals surface area contributed by atoms with Crippen molar-refractivity contribution in [1.29, 1.82) is 0 Å². The van der Waals surface area contributed by atoms with Gasteiger partial charge in [-0.2, -0.15) is 0 Å². The number of hydrogen-bond acceptors (Lipinski definition) is 3. The summed E-state index contributed by atoms with van der Waals surface area (Å²) in [4.78, 5) is 5.23. The van der Waals surface area contributed by atoms with Crippen LogP contribution in [0.5, 0.6) is 0 Å². The molecule has 2 fully saturated rings. The van der Waals surface area contributed by atoms with E-state index in [0.29, 0.717) is 0 Å². The van der Waals surface area contributed by atoms with Crippen LogP contribution < -0.4 is 10.2 Å². The minimum atomic E-state index is 0.783. The molecule has 18 heavy (non-hydrogen) atoms. The summed E-state index contributed by atoms with van der Waals surface area (Å²) in [5.74, 6) is 0. The van der Waals surface area contributed by atoms with Crippen molar-refractivity contribution in [2.75, 3.05) is 43.4 Å². The quantitative estimate of drug-likeness (QED) is 0.863. The molecular formula is C15H23N3. The molecule has 1 aromatic carbocycles. The Morgan fingerprint density at radius 3 is 3.00 bits per heavy atom. The molecule has 2 heterocycles. The van der Waals surface area contributed by atoms with Crippen molar-refractivity contribution in [3.63, 3.8) is 0 Å². The van der Waals surface area contributed by atoms with Crippen LogP contribution in [0.4, 0.5) is 11.4 Å². The van der Waals surface area contributed by atoms with Crippen LogP contribution in [-0.4, -0.2) is 44.2 Å². The van der Waals surface area contributed by atoms with Crippen molar-refractivity contribution in [1.82, 2.24) is 4.90 Å². The van der Waals surface area contributed by atoms with Crippen molar-refractivity contribution in [3.05, 3.63) is 24.3 Å². The summed E-state index contributed by atoms with van der Waals surface area (Å²) in [7, 11) is 1.98. The van der Waals surface area contributed by atoms with Crippen molar-refractivity contribution >= 4 is 11.4 Å². The van der Waals surface area contributed by atoms with Gasteiger partial charge < -0.3 is 10.2 Å². The molecule has 0 radical (unpaired) electrons. The summed E-state index contributed by atoms with van der Waals surface area (Å²) in [5, 5.41) is 3.23. The molecule has 0 saturated carbocycles. The molecule has 1 aromatic rings. The zero-order chi connectivity index (χ0) is 12.4. The minimum Gasteiger partial charge on any atom is -0.388 e. The van der Waals surface area contributed by atoms with Gasteiger partial charge in [0.2, 0.25) is 0 Å². The number of nitrogens with one attached hydrogen (secondary N) is 1. The van der Waals surface area contributed by atoms with Gasteiger partial charge in [-0.05, 0) is 37.6 Å². The highest BCUT2D eigenvalue weighted by Crippen LogP contribution is 2.26. The molecule has 3 heteroatoms. The Morgan fingerprint density at radius 1 is 1.17 bits per heavy atom. The van der Waals surface area contributed by atoms with Gasteiger partial charge in [0.1, 0.15) is 0 Å². The first-order valence-electron chi connectivity index (χ1n) is 7.13. The van der Waals surface area contributed by atoms with E-state index in [1.54, 1.807) is 0 Å². The standard InChI is InChI=1S/C15H23N3/c1-16-13-5-4-7-14(11-13)18-10-9-17-8-3-2-6-15(17)12-18/h4-5,7,11,15-16H,2-3,6,8-10,12H2,1H3. The number of piperazine rings is 1. The fourth-order valence-corrected chi connectivity index (χ4v) is 3.25. The maximum Gasteiger partial charge on any atom is 0.0387 e. The average Bonchev–Trinajstić information content (AvgIpc) is 2.47. The van der Waals surface area contributed by atoms with Gasteiger partial charge in [-0.1, -0.05) is 12.5 Å². The molecule has 1 atom stereocenters. The third-order valence-corrected chi connectivity index (χ3v) is 4.34. The second-order valence-electron chi connectivity index (χ2n) is 5.43. The van der Waals surface area contributed by atoms with Crippen LogP contribution in [0.1, 0.15) is 19.3 Å². The van der Waals surface area contributed by atoms with Gasteiger partial charge in [-0.25, -0.2) is 0 Å². The number of benzene rings is 1. The smallest absolute Gasteiger partial charge is 0.0387 e. The van der Waals surface area contributed by atoms with E-state index in [4.69, 9.17) is 0 Å². The molecule has 98 valence electrons. The number of hydrogen-bond donors (Lipinski definition) is 1. The number of nitrogens with zero attached hydrogens (tertiary/aromatic N) is 2. The molecule has 0 amide bonds. The molecule has 0 aliphatic carbocycles. The fraction of sp³-hybridized carbons (Fsp3) is 0.600. The predicted octanol–water partition coefficient (Wildman–Crippen LogP) is 2.40. The fourth-order valence-electron chi connectivity index (χ4n) is 3.25. The number of piperidine rings is 1. The normalized spacial score (nSPS) is 24.7. The maximum atomic E-state index is 3.23. The lowest BCUT2D eigenvalue weighted by Gasteiger charge is -2.45. The average molecular weight is 245 g/mol. The monoisotopic (exact) mass is 245 g/mol. The molecule has 0 bridgehead atoms. The van der Waals surface area contributed by atoms with Crippen molar-refractivity contribution in [2.24, 2.45) is 0 Å². The summed E-state index contributed by atoms with van der Waals surface area (Å²) >= 11 is 0. The van der Waals surface area contributed by atoms with E-state index in [9.17, 15) is 0 Å². The molecule has 2 aliphatic rings. The first kappa shape index (κ1) is 11.8. The van der Waals surface area contributed by atoms with Crippen molar-refractivity contribution in [3.8, 4) is 0 Å². The van der Waals surface area contributed by atoms with Gasteiger partial charge in [0.05, 0.1) is 0 Å². The largest absolute Gasteiger partial charge is 0.388 e. The number of rotatable bonds is 2. The molecule has 2 aliphatic heterocycles. The van der Waals surface area contributed by atoms with Crippen molar-refractivity contribution in [2.45, 2.75) is 25.3 Å². The predicted molar refractivity (Wildman–Crippen MR) is 77.4 cm³/mol. The highest BCUT2D eigenvalue weighted by Gasteiger charge is 2.28. The lowest BCUT2D eigenvalue weighted by Crippen LogP contribution is -2.54. The first-order chi connectivity index (χ1) is 8.86. The Kier molecular flexibility index (Phi) is 3.41. The molecule has 0 aromatic heterocycles. The third-order valence-electron chi connectivity index (χ3n) is 4.34. The van der Waals surface area contributed by atoms with Gasteiger partial charge in [0.15, 0.2) is 0 Å². The summed E-state index contributed by atoms with van der Waals surface area (Å²) < 4.78 is 0. The molecule has 3 rings (SSSR count). The molecule has 3 nitrogen and oxygen atoms in total. The Balaban J connectivity index is 1.72. The van der Waals surface area contributed by atoms with E-state index in [1.165, 1.54) is 56.8 Å². The van der Waals surface area contributed by atoms with Crippen LogP contribution in [0.3, 0.4) is 0 Å². The summed E-state index contributed by atoms with van der Waals surface area (Å²) in [5.41, 5.74) is 2.57. The van der Waals surface area contributed by atoms with Crippen LogP contribution in [0.25, 0.3) is 0 Å². The molecule has 0 spiro atoms. The molecule has 2 saturated heterocycles. The molecule has 1 unspecified atom stereocenters. The number of fused-ring (bicyclic) bond motifs is 1. The van der Waals surface area contributed by atoms with Crippen LogP contribution in [0, 0.1) is 0 Å². The second kappa shape index (κ2) is 5.19. The summed E-state index contributed by atoms with van der Waals surface area (Å²) in [6.07, 6.45) is 4.18. The Morgan fingerprint density at radius 2 is 2.11 bits per heavy atom. The van der Waals surface area contributed by atoms with Gasteiger partial charge in [-0.3, -0.25) is 4.90 Å². The minimum absolute atomic E-state index is 0.783. The Labute approximate surface area is 110 Å². The Hall–Kier alpha value is -1.22. The lowest BCUT2D eigenvalue weighted by molar-refractivity contribution is 0.133. The zero-order valence-corrected chi connectivity index (χ0v) is 11.2. The summed E-state index contributed by atoms with van der Waals surface area (Å²) in [6, 6.07) is 9.55. The molecule has 1 N–H and O–H groups in total. The van der Waals surface area contributed by atoms with Gasteiger partial charge in [0, 0.05) is 44.1 Å².